The van der Waals surface area contributed by atoms with Crippen LogP contribution in [0.25, 0.3) is 0 Å². The van der Waals surface area contributed by atoms with Gasteiger partial charge in [0.15, 0.2) is 0 Å². The zero-order chi connectivity index (χ0) is 9.19. The van der Waals surface area contributed by atoms with Crippen LogP contribution in [0.15, 0.2) is 17.1 Å². The van der Waals surface area contributed by atoms with Crippen molar-refractivity contribution in [3.63, 3.8) is 0 Å². The minimum absolute atomic E-state index is 0.364. The molecule has 0 aromatic carbocycles. The number of hydrogen-bond donors (Lipinski definition) is 0. The average Bonchev–Trinajstić information content (AvgIpc) is 1.91. The summed E-state index contributed by atoms with van der Waals surface area (Å²) < 4.78 is 35.2. The predicted octanol–water partition coefficient (Wildman–Crippen LogP) is 1.78. The van der Waals surface area contributed by atoms with Gasteiger partial charge in [0, 0.05) is 6.21 Å². The summed E-state index contributed by atoms with van der Waals surface area (Å²) >= 11 is -0.364. The van der Waals surface area contributed by atoms with Crippen LogP contribution in [-0.4, -0.2) is 22.9 Å². The number of nitrogens with zero attached hydrogens (tertiary/aromatic N) is 1. The maximum Gasteiger partial charge on any atom is 0.442 e. The molecule has 1 rings (SSSR count). The van der Waals surface area contributed by atoms with Crippen LogP contribution in [0.2, 0.25) is 0 Å². The molecule has 0 bridgehead atoms. The van der Waals surface area contributed by atoms with Crippen molar-refractivity contribution in [2.24, 2.45) is 4.99 Å². The molecular formula is C6H4F3NOS. The molecule has 0 aliphatic carbocycles. The molecule has 0 fully saturated rings. The number of rotatable bonds is 1. The summed E-state index contributed by atoms with van der Waals surface area (Å²) in [6.07, 6.45) is 3.67. The van der Waals surface area contributed by atoms with E-state index in [1.807, 2.05) is 0 Å². The summed E-state index contributed by atoms with van der Waals surface area (Å²) in [5, 5.41) is -1.21. The lowest BCUT2D eigenvalue weighted by Crippen LogP contribution is -2.19. The molecule has 0 radical (unpaired) electrons. The molecule has 1 unspecified atom stereocenters. The molecule has 1 amide bonds. The molecule has 12 heavy (non-hydrogen) atoms. The number of carbonyl (C=O) groups is 1. The van der Waals surface area contributed by atoms with Gasteiger partial charge in [-0.3, -0.25) is 4.79 Å². The molecule has 0 N–H and O–H groups in total. The van der Waals surface area contributed by atoms with Crippen LogP contribution in [0, 0.1) is 0 Å². The molecule has 1 aliphatic heterocycles. The van der Waals surface area contributed by atoms with Crippen LogP contribution in [0.5, 0.6) is 0 Å². The molecule has 66 valence electrons. The van der Waals surface area contributed by atoms with Crippen molar-refractivity contribution in [1.82, 2.24) is 0 Å². The van der Waals surface area contributed by atoms with Gasteiger partial charge in [-0.25, -0.2) is 4.99 Å². The smallest absolute Gasteiger partial charge is 0.271 e. The largest absolute Gasteiger partial charge is 0.442 e. The van der Waals surface area contributed by atoms with Crippen LogP contribution in [0.1, 0.15) is 0 Å². The minimum atomic E-state index is -4.39. The van der Waals surface area contributed by atoms with E-state index in [0.717, 1.165) is 0 Å². The normalized spacial score (nSPS) is 23.2. The summed E-state index contributed by atoms with van der Waals surface area (Å²) in [5.41, 5.74) is -4.39. The van der Waals surface area contributed by atoms with Crippen molar-refractivity contribution in [2.45, 2.75) is 10.8 Å². The number of carbonyl (C=O) groups excluding carboxylic acids is 1. The number of hydrogen-bond acceptors (Lipinski definition) is 2. The van der Waals surface area contributed by atoms with E-state index in [2.05, 4.69) is 4.99 Å². The number of dihydropyridines is 1. The molecule has 1 aliphatic rings. The van der Waals surface area contributed by atoms with E-state index in [4.69, 9.17) is 0 Å². The maximum absolute atomic E-state index is 11.7. The molecule has 0 aromatic heterocycles. The first kappa shape index (κ1) is 9.31. The lowest BCUT2D eigenvalue weighted by atomic mass is 10.3. The second-order valence-electron chi connectivity index (χ2n) is 1.99. The molecule has 0 spiro atoms. The highest BCUT2D eigenvalue weighted by molar-refractivity contribution is 8.01. The Labute approximate surface area is 70.5 Å². The fourth-order valence-corrected chi connectivity index (χ4v) is 1.28. The standard InChI is InChI=1S/C6H4F3NOS/c7-6(8,9)12-4-2-1-3-10-5(4)11/h1-4H. The predicted molar refractivity (Wildman–Crippen MR) is 40.1 cm³/mol. The first-order valence-corrected chi connectivity index (χ1v) is 3.86. The Morgan fingerprint density at radius 1 is 1.50 bits per heavy atom. The lowest BCUT2D eigenvalue weighted by molar-refractivity contribution is -0.116. The zero-order valence-corrected chi connectivity index (χ0v) is 6.52. The highest BCUT2D eigenvalue weighted by atomic mass is 32.2. The topological polar surface area (TPSA) is 29.4 Å². The summed E-state index contributed by atoms with van der Waals surface area (Å²) in [5.74, 6) is -0.764. The molecule has 6 heteroatoms. The van der Waals surface area contributed by atoms with Crippen LogP contribution in [0.4, 0.5) is 13.2 Å². The van der Waals surface area contributed by atoms with Crippen molar-refractivity contribution in [3.8, 4) is 0 Å². The van der Waals surface area contributed by atoms with Crippen molar-refractivity contribution in [1.29, 1.82) is 0 Å². The third kappa shape index (κ3) is 2.69. The van der Waals surface area contributed by atoms with Gasteiger partial charge in [0.05, 0.1) is 0 Å². The van der Waals surface area contributed by atoms with E-state index in [1.54, 1.807) is 0 Å². The fourth-order valence-electron chi connectivity index (χ4n) is 0.657. The molecule has 0 saturated heterocycles. The number of alkyl halides is 3. The Morgan fingerprint density at radius 3 is 2.67 bits per heavy atom. The highest BCUT2D eigenvalue weighted by Crippen LogP contribution is 2.35. The Morgan fingerprint density at radius 2 is 2.17 bits per heavy atom. The van der Waals surface area contributed by atoms with Crippen LogP contribution >= 0.6 is 11.8 Å². The van der Waals surface area contributed by atoms with Crippen LogP contribution < -0.4 is 0 Å². The molecule has 1 heterocycles. The second-order valence-corrected chi connectivity index (χ2v) is 3.19. The Balaban J connectivity index is 2.59. The van der Waals surface area contributed by atoms with Crippen molar-refractivity contribution in [2.75, 3.05) is 0 Å². The van der Waals surface area contributed by atoms with Gasteiger partial charge < -0.3 is 0 Å². The van der Waals surface area contributed by atoms with E-state index in [-0.39, 0.29) is 11.8 Å². The summed E-state index contributed by atoms with van der Waals surface area (Å²) in [7, 11) is 0. The lowest BCUT2D eigenvalue weighted by Gasteiger charge is -2.12. The third-order valence-corrected chi connectivity index (χ3v) is 1.96. The summed E-state index contributed by atoms with van der Waals surface area (Å²) in [6, 6.07) is 0. The van der Waals surface area contributed by atoms with E-state index >= 15 is 0 Å². The average molecular weight is 195 g/mol. The van der Waals surface area contributed by atoms with Gasteiger partial charge in [0.2, 0.25) is 0 Å². The monoisotopic (exact) mass is 195 g/mol. The molecule has 0 aromatic rings. The molecule has 0 saturated carbocycles. The quantitative estimate of drug-likeness (QED) is 0.638. The van der Waals surface area contributed by atoms with E-state index < -0.39 is 16.7 Å². The zero-order valence-electron chi connectivity index (χ0n) is 5.71. The maximum atomic E-state index is 11.7. The van der Waals surface area contributed by atoms with E-state index in [0.29, 0.717) is 0 Å². The minimum Gasteiger partial charge on any atom is -0.271 e. The first-order valence-electron chi connectivity index (χ1n) is 2.98. The summed E-state index contributed by atoms with van der Waals surface area (Å²) in [6.45, 7) is 0. The van der Waals surface area contributed by atoms with Crippen molar-refractivity contribution in [3.05, 3.63) is 12.2 Å². The third-order valence-electron chi connectivity index (χ3n) is 1.08. The number of aliphatic imine (C=N–C) groups is 1. The van der Waals surface area contributed by atoms with E-state index in [9.17, 15) is 18.0 Å². The van der Waals surface area contributed by atoms with Gasteiger partial charge >= 0.3 is 5.51 Å². The molecule has 1 atom stereocenters. The van der Waals surface area contributed by atoms with Gasteiger partial charge in [-0.2, -0.15) is 13.2 Å². The van der Waals surface area contributed by atoms with Crippen molar-refractivity contribution >= 4 is 23.9 Å². The van der Waals surface area contributed by atoms with Gasteiger partial charge in [-0.15, -0.1) is 0 Å². The van der Waals surface area contributed by atoms with Crippen LogP contribution in [0.3, 0.4) is 0 Å². The summed E-state index contributed by atoms with van der Waals surface area (Å²) in [4.78, 5) is 13.9. The molecule has 2 nitrogen and oxygen atoms in total. The first-order chi connectivity index (χ1) is 5.49. The number of allylic oxidation sites excluding steroid dienone is 1. The SMILES string of the molecule is O=C1N=CC=CC1SC(F)(F)F. The van der Waals surface area contributed by atoms with Crippen molar-refractivity contribution < 1.29 is 18.0 Å². The second kappa shape index (κ2) is 3.30. The highest BCUT2D eigenvalue weighted by Gasteiger charge is 2.35. The van der Waals surface area contributed by atoms with E-state index in [1.165, 1.54) is 18.4 Å². The number of halogens is 3. The Kier molecular flexibility index (Phi) is 2.56. The van der Waals surface area contributed by atoms with Gasteiger partial charge in [-0.05, 0) is 17.8 Å². The number of thioether (sulfide) groups is 1. The van der Waals surface area contributed by atoms with Gasteiger partial charge in [0.25, 0.3) is 5.91 Å². The van der Waals surface area contributed by atoms with Crippen LogP contribution in [-0.2, 0) is 4.79 Å². The van der Waals surface area contributed by atoms with Gasteiger partial charge in [-0.1, -0.05) is 6.08 Å². The number of amides is 1. The Bertz CT molecular complexity index is 246. The molecular weight excluding hydrogens is 191 g/mol. The fraction of sp³-hybridized carbons (Fsp3) is 0.333. The Hall–Kier alpha value is -0.780. The van der Waals surface area contributed by atoms with Gasteiger partial charge in [0.1, 0.15) is 5.25 Å².